The Kier molecular flexibility index (Phi) is 5.84. The van der Waals surface area contributed by atoms with Crippen molar-refractivity contribution in [2.75, 3.05) is 26.2 Å². The first kappa shape index (κ1) is 21.5. The highest BCUT2D eigenvalue weighted by Crippen LogP contribution is 2.49. The van der Waals surface area contributed by atoms with Gasteiger partial charge in [0, 0.05) is 32.0 Å². The van der Waals surface area contributed by atoms with Crippen molar-refractivity contribution < 1.29 is 19.1 Å². The molecule has 0 aliphatic carbocycles. The van der Waals surface area contributed by atoms with E-state index >= 15 is 0 Å². The molecule has 2 saturated heterocycles. The molecule has 2 aliphatic heterocycles. The summed E-state index contributed by atoms with van der Waals surface area (Å²) in [6.07, 6.45) is 1.81. The van der Waals surface area contributed by atoms with Crippen LogP contribution >= 0.6 is 0 Å². The lowest BCUT2D eigenvalue weighted by atomic mass is 9.62. The van der Waals surface area contributed by atoms with Crippen LogP contribution in [0, 0.1) is 11.2 Å². The minimum atomic E-state index is -0.994. The molecule has 2 atom stereocenters. The molecule has 0 unspecified atom stereocenters. The largest absolute Gasteiger partial charge is 0.395 e. The third kappa shape index (κ3) is 3.97. The Bertz CT molecular complexity index is 939. The van der Waals surface area contributed by atoms with Crippen LogP contribution in [0.25, 0.3) is 0 Å². The maximum absolute atomic E-state index is 13.4. The van der Waals surface area contributed by atoms with Crippen molar-refractivity contribution >= 4 is 11.8 Å². The van der Waals surface area contributed by atoms with Crippen molar-refractivity contribution in [1.29, 1.82) is 0 Å². The second-order valence-corrected chi connectivity index (χ2v) is 9.10. The van der Waals surface area contributed by atoms with Crippen LogP contribution in [0.15, 0.2) is 54.6 Å². The van der Waals surface area contributed by atoms with Gasteiger partial charge in [0.15, 0.2) is 0 Å². The van der Waals surface area contributed by atoms with Gasteiger partial charge in [-0.05, 0) is 48.4 Å². The number of aliphatic hydroxyl groups excluding tert-OH is 1. The second-order valence-electron chi connectivity index (χ2n) is 9.10. The first-order valence-electron chi connectivity index (χ1n) is 10.9. The topological polar surface area (TPSA) is 69.6 Å². The number of amides is 2. The van der Waals surface area contributed by atoms with Gasteiger partial charge in [-0.25, -0.2) is 4.39 Å². The summed E-state index contributed by atoms with van der Waals surface area (Å²) in [4.78, 5) is 27.5. The highest BCUT2D eigenvalue weighted by atomic mass is 19.1. The molecule has 0 saturated carbocycles. The van der Waals surface area contributed by atoms with Crippen molar-refractivity contribution in [1.82, 2.24) is 10.2 Å². The van der Waals surface area contributed by atoms with E-state index in [-0.39, 0.29) is 35.6 Å². The van der Waals surface area contributed by atoms with E-state index in [4.69, 9.17) is 0 Å². The number of aliphatic hydroxyl groups is 1. The van der Waals surface area contributed by atoms with E-state index in [1.54, 1.807) is 19.1 Å². The minimum absolute atomic E-state index is 0.0302. The third-order valence-electron chi connectivity index (χ3n) is 7.27. The molecule has 31 heavy (non-hydrogen) atoms. The van der Waals surface area contributed by atoms with Crippen LogP contribution in [-0.4, -0.2) is 48.1 Å². The summed E-state index contributed by atoms with van der Waals surface area (Å²) in [6, 6.07) is 15.9. The van der Waals surface area contributed by atoms with E-state index in [1.807, 2.05) is 35.2 Å². The molecular formula is C25H29FN2O3. The summed E-state index contributed by atoms with van der Waals surface area (Å²) >= 11 is 0. The van der Waals surface area contributed by atoms with Crippen LogP contribution in [0.3, 0.4) is 0 Å². The van der Waals surface area contributed by atoms with Crippen LogP contribution in [0.2, 0.25) is 0 Å². The standard InChI is InChI=1S/C25H29FN2O3/c1-24(17-29,19-5-3-2-4-6-19)23(31)28-13-11-25(12-14-28)15-22(30)27-16-21(25)18-7-9-20(26)10-8-18/h2-10,21,29H,11-17H2,1H3,(H,27,30)/t21-,24-/m0/s1. The molecule has 1 spiro atoms. The maximum Gasteiger partial charge on any atom is 0.235 e. The Hall–Kier alpha value is -2.73. The van der Waals surface area contributed by atoms with Gasteiger partial charge in [0.1, 0.15) is 5.82 Å². The predicted molar refractivity (Wildman–Crippen MR) is 116 cm³/mol. The monoisotopic (exact) mass is 424 g/mol. The third-order valence-corrected chi connectivity index (χ3v) is 7.27. The Labute approximate surface area is 182 Å². The summed E-state index contributed by atoms with van der Waals surface area (Å²) in [5, 5.41) is 13.1. The van der Waals surface area contributed by atoms with Gasteiger partial charge in [-0.15, -0.1) is 0 Å². The summed E-state index contributed by atoms with van der Waals surface area (Å²) < 4.78 is 13.4. The molecule has 0 bridgehead atoms. The summed E-state index contributed by atoms with van der Waals surface area (Å²) in [7, 11) is 0. The Morgan fingerprint density at radius 3 is 2.42 bits per heavy atom. The summed E-state index contributed by atoms with van der Waals surface area (Å²) in [6.45, 7) is 3.11. The maximum atomic E-state index is 13.4. The van der Waals surface area contributed by atoms with Crippen LogP contribution < -0.4 is 5.32 Å². The van der Waals surface area contributed by atoms with Crippen LogP contribution in [0.1, 0.15) is 43.2 Å². The van der Waals surface area contributed by atoms with Gasteiger partial charge < -0.3 is 15.3 Å². The molecule has 2 heterocycles. The first-order valence-corrected chi connectivity index (χ1v) is 10.9. The molecule has 2 aromatic carbocycles. The van der Waals surface area contributed by atoms with E-state index < -0.39 is 5.41 Å². The Morgan fingerprint density at radius 1 is 1.16 bits per heavy atom. The average molecular weight is 425 g/mol. The molecule has 2 aliphatic rings. The number of nitrogens with one attached hydrogen (secondary N) is 1. The summed E-state index contributed by atoms with van der Waals surface area (Å²) in [5.74, 6) is -0.249. The fraction of sp³-hybridized carbons (Fsp3) is 0.440. The number of carbonyl (C=O) groups is 2. The zero-order valence-corrected chi connectivity index (χ0v) is 17.8. The zero-order valence-electron chi connectivity index (χ0n) is 17.8. The lowest BCUT2D eigenvalue weighted by Gasteiger charge is -2.50. The number of rotatable bonds is 4. The molecule has 0 radical (unpaired) electrons. The van der Waals surface area contributed by atoms with Crippen molar-refractivity contribution in [2.45, 2.75) is 37.5 Å². The molecule has 6 heteroatoms. The second kappa shape index (κ2) is 8.42. The highest BCUT2D eigenvalue weighted by Gasteiger charge is 2.48. The number of halogens is 1. The zero-order chi connectivity index (χ0) is 22.1. The van der Waals surface area contributed by atoms with Crippen molar-refractivity contribution in [3.05, 3.63) is 71.5 Å². The number of likely N-dealkylation sites (tertiary alicyclic amines) is 1. The molecule has 0 aromatic heterocycles. The number of piperidine rings is 2. The van der Waals surface area contributed by atoms with E-state index in [0.29, 0.717) is 38.9 Å². The van der Waals surface area contributed by atoms with Gasteiger partial charge >= 0.3 is 0 Å². The van der Waals surface area contributed by atoms with Gasteiger partial charge in [-0.2, -0.15) is 0 Å². The van der Waals surface area contributed by atoms with Gasteiger partial charge in [0.25, 0.3) is 0 Å². The minimum Gasteiger partial charge on any atom is -0.395 e. The number of hydrogen-bond donors (Lipinski definition) is 2. The quantitative estimate of drug-likeness (QED) is 0.793. The molecule has 5 nitrogen and oxygen atoms in total. The van der Waals surface area contributed by atoms with Crippen LogP contribution in [0.5, 0.6) is 0 Å². The predicted octanol–water partition coefficient (Wildman–Crippen LogP) is 2.99. The van der Waals surface area contributed by atoms with Gasteiger partial charge in [0.2, 0.25) is 11.8 Å². The van der Waals surface area contributed by atoms with E-state index in [0.717, 1.165) is 11.1 Å². The van der Waals surface area contributed by atoms with Crippen molar-refractivity contribution in [3.63, 3.8) is 0 Å². The molecule has 4 rings (SSSR count). The Balaban J connectivity index is 1.54. The lowest BCUT2D eigenvalue weighted by molar-refractivity contribution is -0.142. The fourth-order valence-electron chi connectivity index (χ4n) is 5.22. The molecule has 2 aromatic rings. The Morgan fingerprint density at radius 2 is 1.81 bits per heavy atom. The van der Waals surface area contributed by atoms with Gasteiger partial charge in [-0.1, -0.05) is 42.5 Å². The smallest absolute Gasteiger partial charge is 0.235 e. The fourth-order valence-corrected chi connectivity index (χ4v) is 5.22. The molecule has 164 valence electrons. The van der Waals surface area contributed by atoms with E-state index in [2.05, 4.69) is 5.32 Å². The number of carbonyl (C=O) groups excluding carboxylic acids is 2. The number of benzene rings is 2. The van der Waals surface area contributed by atoms with E-state index in [1.165, 1.54) is 12.1 Å². The van der Waals surface area contributed by atoms with Crippen molar-refractivity contribution in [2.24, 2.45) is 5.41 Å². The van der Waals surface area contributed by atoms with Crippen LogP contribution in [-0.2, 0) is 15.0 Å². The van der Waals surface area contributed by atoms with Crippen molar-refractivity contribution in [3.8, 4) is 0 Å². The molecular weight excluding hydrogens is 395 g/mol. The molecule has 2 amide bonds. The number of nitrogens with zero attached hydrogens (tertiary/aromatic N) is 1. The average Bonchev–Trinajstić information content (AvgIpc) is 2.80. The first-order chi connectivity index (χ1) is 14.9. The van der Waals surface area contributed by atoms with Crippen LogP contribution in [0.4, 0.5) is 4.39 Å². The van der Waals surface area contributed by atoms with E-state index in [9.17, 15) is 19.1 Å². The SMILES string of the molecule is C[C@@](CO)(C(=O)N1CCC2(CC1)CC(=O)NC[C@H]2c1ccc(F)cc1)c1ccccc1. The molecule has 2 fully saturated rings. The molecule has 2 N–H and O–H groups in total. The normalized spacial score (nSPS) is 22.6. The highest BCUT2D eigenvalue weighted by molar-refractivity contribution is 5.88. The lowest BCUT2D eigenvalue weighted by Crippen LogP contribution is -2.55. The summed E-state index contributed by atoms with van der Waals surface area (Å²) in [5.41, 5.74) is 0.570. The van der Waals surface area contributed by atoms with Gasteiger partial charge in [0.05, 0.1) is 12.0 Å². The number of hydrogen-bond acceptors (Lipinski definition) is 3. The van der Waals surface area contributed by atoms with Gasteiger partial charge in [-0.3, -0.25) is 9.59 Å².